The molecule has 0 saturated carbocycles. The summed E-state index contributed by atoms with van der Waals surface area (Å²) in [6.07, 6.45) is 0.510. The summed E-state index contributed by atoms with van der Waals surface area (Å²) in [6.45, 7) is 6.75. The zero-order valence-corrected chi connectivity index (χ0v) is 11.8. The lowest BCUT2D eigenvalue weighted by molar-refractivity contribution is -0.142. The molecule has 6 heteroatoms. The Kier molecular flexibility index (Phi) is 5.31. The molecule has 1 aliphatic rings. The van der Waals surface area contributed by atoms with Gasteiger partial charge in [0, 0.05) is 12.6 Å². The Labute approximate surface area is 113 Å². The Hall–Kier alpha value is -1.14. The number of nitrogens with one attached hydrogen (secondary N) is 1. The maximum absolute atomic E-state index is 11.9. The molecule has 0 aliphatic carbocycles. The number of hydrogen-bond donors (Lipinski definition) is 3. The molecule has 19 heavy (non-hydrogen) atoms. The van der Waals surface area contributed by atoms with E-state index >= 15 is 0 Å². The Morgan fingerprint density at radius 1 is 1.42 bits per heavy atom. The third-order valence-electron chi connectivity index (χ3n) is 3.19. The highest BCUT2D eigenvalue weighted by molar-refractivity contribution is 5.80. The minimum Gasteiger partial charge on any atom is -0.481 e. The standard InChI is InChI=1S/C13H24N2O4/c1-13(2,3)4-8(12(17)18)5-15-11(16)9-6-19-7-10(9)14/h8-10H,4-7,14H2,1-3H3,(H,15,16)(H,17,18). The molecule has 0 aromatic heterocycles. The quantitative estimate of drug-likeness (QED) is 0.664. The fraction of sp³-hybridized carbons (Fsp3) is 0.846. The maximum Gasteiger partial charge on any atom is 0.308 e. The van der Waals surface area contributed by atoms with Crippen molar-refractivity contribution >= 4 is 11.9 Å². The van der Waals surface area contributed by atoms with Gasteiger partial charge in [-0.3, -0.25) is 9.59 Å². The summed E-state index contributed by atoms with van der Waals surface area (Å²) in [7, 11) is 0. The van der Waals surface area contributed by atoms with Crippen LogP contribution in [0.1, 0.15) is 27.2 Å². The smallest absolute Gasteiger partial charge is 0.308 e. The van der Waals surface area contributed by atoms with Gasteiger partial charge in [0.15, 0.2) is 0 Å². The molecule has 1 fully saturated rings. The van der Waals surface area contributed by atoms with Crippen molar-refractivity contribution in [1.82, 2.24) is 5.32 Å². The van der Waals surface area contributed by atoms with Gasteiger partial charge >= 0.3 is 5.97 Å². The Bertz CT molecular complexity index is 338. The normalized spacial score (nSPS) is 25.1. The number of amides is 1. The number of carboxylic acids is 1. The fourth-order valence-electron chi connectivity index (χ4n) is 2.18. The third-order valence-corrected chi connectivity index (χ3v) is 3.19. The highest BCUT2D eigenvalue weighted by atomic mass is 16.5. The van der Waals surface area contributed by atoms with Crippen LogP contribution < -0.4 is 11.1 Å². The minimum atomic E-state index is -0.887. The van der Waals surface area contributed by atoms with Crippen LogP contribution in [0.4, 0.5) is 0 Å². The number of carboxylic acid groups (broad SMARTS) is 1. The van der Waals surface area contributed by atoms with E-state index in [9.17, 15) is 9.59 Å². The molecule has 110 valence electrons. The van der Waals surface area contributed by atoms with Gasteiger partial charge in [-0.25, -0.2) is 0 Å². The topological polar surface area (TPSA) is 102 Å². The SMILES string of the molecule is CC(C)(C)CC(CNC(=O)C1COCC1N)C(=O)O. The summed E-state index contributed by atoms with van der Waals surface area (Å²) in [5, 5.41) is 11.8. The first kappa shape index (κ1) is 15.9. The molecular formula is C13H24N2O4. The van der Waals surface area contributed by atoms with Crippen molar-refractivity contribution in [2.24, 2.45) is 23.0 Å². The molecule has 6 nitrogen and oxygen atoms in total. The van der Waals surface area contributed by atoms with Crippen molar-refractivity contribution in [3.8, 4) is 0 Å². The van der Waals surface area contributed by atoms with Gasteiger partial charge in [0.25, 0.3) is 0 Å². The van der Waals surface area contributed by atoms with Gasteiger partial charge in [-0.15, -0.1) is 0 Å². The number of rotatable bonds is 5. The molecule has 1 amide bonds. The average molecular weight is 272 g/mol. The summed E-state index contributed by atoms with van der Waals surface area (Å²) in [5.41, 5.74) is 5.65. The summed E-state index contributed by atoms with van der Waals surface area (Å²) < 4.78 is 5.12. The van der Waals surface area contributed by atoms with E-state index in [0.29, 0.717) is 19.6 Å². The van der Waals surface area contributed by atoms with Gasteiger partial charge < -0.3 is 20.9 Å². The van der Waals surface area contributed by atoms with E-state index in [4.69, 9.17) is 15.6 Å². The van der Waals surface area contributed by atoms with Crippen LogP contribution in [0, 0.1) is 17.3 Å². The molecule has 3 atom stereocenters. The number of carbonyl (C=O) groups is 2. The van der Waals surface area contributed by atoms with E-state index in [1.165, 1.54) is 0 Å². The monoisotopic (exact) mass is 272 g/mol. The molecule has 1 aliphatic heterocycles. The summed E-state index contributed by atoms with van der Waals surface area (Å²) in [5.74, 6) is -2.06. The lowest BCUT2D eigenvalue weighted by Gasteiger charge is -2.24. The van der Waals surface area contributed by atoms with Gasteiger partial charge in [-0.1, -0.05) is 20.8 Å². The second kappa shape index (κ2) is 6.34. The number of hydrogen-bond acceptors (Lipinski definition) is 4. The summed E-state index contributed by atoms with van der Waals surface area (Å²) >= 11 is 0. The van der Waals surface area contributed by atoms with Crippen LogP contribution in [-0.4, -0.2) is 42.8 Å². The highest BCUT2D eigenvalue weighted by Crippen LogP contribution is 2.24. The first-order valence-corrected chi connectivity index (χ1v) is 6.54. The van der Waals surface area contributed by atoms with Gasteiger partial charge in [-0.05, 0) is 11.8 Å². The Balaban J connectivity index is 2.47. The third kappa shape index (κ3) is 5.16. The molecule has 1 rings (SSSR count). The average Bonchev–Trinajstić information content (AvgIpc) is 2.68. The number of carbonyl (C=O) groups excluding carboxylic acids is 1. The zero-order valence-electron chi connectivity index (χ0n) is 11.8. The van der Waals surface area contributed by atoms with Crippen LogP contribution in [0.2, 0.25) is 0 Å². The molecule has 0 aromatic carbocycles. The van der Waals surface area contributed by atoms with Gasteiger partial charge in [-0.2, -0.15) is 0 Å². The van der Waals surface area contributed by atoms with E-state index in [-0.39, 0.29) is 29.8 Å². The van der Waals surface area contributed by atoms with Crippen LogP contribution in [0.25, 0.3) is 0 Å². The van der Waals surface area contributed by atoms with E-state index in [1.54, 1.807) is 0 Å². The highest BCUT2D eigenvalue weighted by Gasteiger charge is 2.32. The fourth-order valence-corrected chi connectivity index (χ4v) is 2.18. The summed E-state index contributed by atoms with van der Waals surface area (Å²) in [6, 6.07) is -0.300. The second-order valence-corrected chi connectivity index (χ2v) is 6.35. The molecular weight excluding hydrogens is 248 g/mol. The lowest BCUT2D eigenvalue weighted by atomic mass is 9.84. The van der Waals surface area contributed by atoms with Crippen LogP contribution >= 0.6 is 0 Å². The molecule has 3 unspecified atom stereocenters. The molecule has 1 heterocycles. The van der Waals surface area contributed by atoms with Crippen molar-refractivity contribution in [3.05, 3.63) is 0 Å². The molecule has 0 aromatic rings. The number of ether oxygens (including phenoxy) is 1. The van der Waals surface area contributed by atoms with E-state index in [1.807, 2.05) is 20.8 Å². The first-order chi connectivity index (χ1) is 8.70. The molecule has 1 saturated heterocycles. The minimum absolute atomic E-state index is 0.0966. The van der Waals surface area contributed by atoms with Crippen LogP contribution in [-0.2, 0) is 14.3 Å². The van der Waals surface area contributed by atoms with Gasteiger partial charge in [0.2, 0.25) is 5.91 Å². The van der Waals surface area contributed by atoms with E-state index < -0.39 is 11.9 Å². The largest absolute Gasteiger partial charge is 0.481 e. The molecule has 0 spiro atoms. The van der Waals surface area contributed by atoms with Crippen molar-refractivity contribution in [1.29, 1.82) is 0 Å². The van der Waals surface area contributed by atoms with Crippen LogP contribution in [0.3, 0.4) is 0 Å². The predicted octanol–water partition coefficient (Wildman–Crippen LogP) is 0.213. The van der Waals surface area contributed by atoms with Crippen molar-refractivity contribution in [2.75, 3.05) is 19.8 Å². The Morgan fingerprint density at radius 3 is 2.47 bits per heavy atom. The second-order valence-electron chi connectivity index (χ2n) is 6.35. The predicted molar refractivity (Wildman–Crippen MR) is 70.5 cm³/mol. The van der Waals surface area contributed by atoms with Crippen LogP contribution in [0.5, 0.6) is 0 Å². The van der Waals surface area contributed by atoms with Crippen LogP contribution in [0.15, 0.2) is 0 Å². The molecule has 0 radical (unpaired) electrons. The maximum atomic E-state index is 11.9. The zero-order chi connectivity index (χ0) is 14.6. The molecule has 0 bridgehead atoms. The number of nitrogens with two attached hydrogens (primary N) is 1. The Morgan fingerprint density at radius 2 is 2.05 bits per heavy atom. The van der Waals surface area contributed by atoms with Crippen molar-refractivity contribution < 1.29 is 19.4 Å². The van der Waals surface area contributed by atoms with E-state index in [2.05, 4.69) is 5.32 Å². The van der Waals surface area contributed by atoms with Gasteiger partial charge in [0.1, 0.15) is 0 Å². The first-order valence-electron chi connectivity index (χ1n) is 6.54. The van der Waals surface area contributed by atoms with Gasteiger partial charge in [0.05, 0.1) is 25.0 Å². The number of aliphatic carboxylic acids is 1. The van der Waals surface area contributed by atoms with E-state index in [0.717, 1.165) is 0 Å². The molecule has 4 N–H and O–H groups in total. The van der Waals surface area contributed by atoms with Crippen molar-refractivity contribution in [2.45, 2.75) is 33.2 Å². The summed E-state index contributed by atoms with van der Waals surface area (Å²) in [4.78, 5) is 23.1. The lowest BCUT2D eigenvalue weighted by Crippen LogP contribution is -2.43. The van der Waals surface area contributed by atoms with Crippen molar-refractivity contribution in [3.63, 3.8) is 0 Å².